The van der Waals surface area contributed by atoms with Crippen molar-refractivity contribution < 1.29 is 4.74 Å². The van der Waals surface area contributed by atoms with E-state index in [1.54, 1.807) is 0 Å². The van der Waals surface area contributed by atoms with Gasteiger partial charge in [-0.25, -0.2) is 0 Å². The first-order chi connectivity index (χ1) is 6.53. The Morgan fingerprint density at radius 1 is 1.43 bits per heavy atom. The van der Waals surface area contributed by atoms with Crippen molar-refractivity contribution in [2.45, 2.75) is 45.3 Å². The summed E-state index contributed by atoms with van der Waals surface area (Å²) in [6, 6.07) is 0. The minimum atomic E-state index is 0.0338. The van der Waals surface area contributed by atoms with Gasteiger partial charge >= 0.3 is 0 Å². The summed E-state index contributed by atoms with van der Waals surface area (Å²) < 4.78 is 5.86. The van der Waals surface area contributed by atoms with Crippen LogP contribution in [0, 0.1) is 0 Å². The third-order valence-electron chi connectivity index (χ3n) is 2.50. The van der Waals surface area contributed by atoms with Crippen LogP contribution in [0.5, 0.6) is 0 Å². The molecule has 0 N–H and O–H groups in total. The molecule has 3 heteroatoms. The molecule has 14 heavy (non-hydrogen) atoms. The summed E-state index contributed by atoms with van der Waals surface area (Å²) in [6.45, 7) is 9.90. The Bertz CT molecular complexity index is 173. The predicted molar refractivity (Wildman–Crippen MR) is 64.1 cm³/mol. The lowest BCUT2D eigenvalue weighted by Gasteiger charge is -2.41. The quantitative estimate of drug-likeness (QED) is 0.571. The van der Waals surface area contributed by atoms with Crippen LogP contribution in [0.15, 0.2) is 0 Å². The van der Waals surface area contributed by atoms with E-state index >= 15 is 0 Å². The zero-order chi connectivity index (χ0) is 10.6. The Balaban J connectivity index is 2.30. The Hall–Kier alpha value is 0.400. The van der Waals surface area contributed by atoms with E-state index in [2.05, 4.69) is 41.6 Å². The summed E-state index contributed by atoms with van der Waals surface area (Å²) in [6.07, 6.45) is 2.93. The maximum Gasteiger partial charge on any atom is 0.0757 e. The summed E-state index contributed by atoms with van der Waals surface area (Å²) in [4.78, 5) is 2.52. The average Bonchev–Trinajstić information content (AvgIpc) is 2.00. The lowest BCUT2D eigenvalue weighted by molar-refractivity contribution is -0.128. The lowest BCUT2D eigenvalue weighted by atomic mass is 10.1. The number of ether oxygens (including phenoxy) is 1. The van der Waals surface area contributed by atoms with E-state index < -0.39 is 0 Å². The first-order valence-corrected chi connectivity index (χ1v) is 6.62. The van der Waals surface area contributed by atoms with Gasteiger partial charge in [0.05, 0.1) is 11.7 Å². The molecule has 1 saturated heterocycles. The van der Waals surface area contributed by atoms with Crippen molar-refractivity contribution in [1.82, 2.24) is 4.90 Å². The fourth-order valence-corrected chi connectivity index (χ4v) is 2.58. The number of alkyl halides is 1. The first kappa shape index (κ1) is 12.5. The SMILES string of the molecule is CC1CN(CCCCBr)CC(C)(C)O1. The molecule has 0 radical (unpaired) electrons. The van der Waals surface area contributed by atoms with Crippen molar-refractivity contribution in [2.75, 3.05) is 25.0 Å². The Morgan fingerprint density at radius 2 is 2.14 bits per heavy atom. The molecule has 1 aliphatic heterocycles. The van der Waals surface area contributed by atoms with E-state index in [0.29, 0.717) is 6.10 Å². The maximum absolute atomic E-state index is 5.86. The third kappa shape index (κ3) is 4.28. The van der Waals surface area contributed by atoms with Gasteiger partial charge in [0, 0.05) is 18.4 Å². The van der Waals surface area contributed by atoms with E-state index in [4.69, 9.17) is 4.74 Å². The minimum absolute atomic E-state index is 0.0338. The highest BCUT2D eigenvalue weighted by Gasteiger charge is 2.30. The van der Waals surface area contributed by atoms with Crippen LogP contribution >= 0.6 is 15.9 Å². The zero-order valence-electron chi connectivity index (χ0n) is 9.55. The van der Waals surface area contributed by atoms with Crippen LogP contribution in [-0.2, 0) is 4.74 Å². The van der Waals surface area contributed by atoms with Crippen molar-refractivity contribution in [3.05, 3.63) is 0 Å². The van der Waals surface area contributed by atoms with Crippen molar-refractivity contribution in [3.63, 3.8) is 0 Å². The van der Waals surface area contributed by atoms with Gasteiger partial charge in [-0.05, 0) is 40.2 Å². The molecule has 1 rings (SSSR count). The van der Waals surface area contributed by atoms with Gasteiger partial charge in [0.15, 0.2) is 0 Å². The zero-order valence-corrected chi connectivity index (χ0v) is 11.1. The van der Waals surface area contributed by atoms with Crippen LogP contribution in [0.3, 0.4) is 0 Å². The van der Waals surface area contributed by atoms with E-state index in [0.717, 1.165) is 18.4 Å². The summed E-state index contributed by atoms with van der Waals surface area (Å²) >= 11 is 3.47. The molecule has 0 aliphatic carbocycles. The topological polar surface area (TPSA) is 12.5 Å². The van der Waals surface area contributed by atoms with E-state index in [9.17, 15) is 0 Å². The molecule has 1 atom stereocenters. The monoisotopic (exact) mass is 263 g/mol. The second kappa shape index (κ2) is 5.47. The standard InChI is InChI=1S/C11H22BrNO/c1-10-8-13(7-5-4-6-12)9-11(2,3)14-10/h10H,4-9H2,1-3H3. The largest absolute Gasteiger partial charge is 0.370 e. The molecule has 1 aliphatic rings. The number of hydrogen-bond acceptors (Lipinski definition) is 2. The lowest BCUT2D eigenvalue weighted by Crippen LogP contribution is -2.51. The van der Waals surface area contributed by atoms with Crippen molar-refractivity contribution in [1.29, 1.82) is 0 Å². The van der Waals surface area contributed by atoms with Crippen LogP contribution in [-0.4, -0.2) is 41.6 Å². The smallest absolute Gasteiger partial charge is 0.0757 e. The fraction of sp³-hybridized carbons (Fsp3) is 1.00. The van der Waals surface area contributed by atoms with Gasteiger partial charge in [0.25, 0.3) is 0 Å². The van der Waals surface area contributed by atoms with Crippen molar-refractivity contribution in [2.24, 2.45) is 0 Å². The third-order valence-corrected chi connectivity index (χ3v) is 3.06. The number of nitrogens with zero attached hydrogens (tertiary/aromatic N) is 1. The molecule has 0 amide bonds. The van der Waals surface area contributed by atoms with Gasteiger partial charge in [0.2, 0.25) is 0 Å². The van der Waals surface area contributed by atoms with Gasteiger partial charge < -0.3 is 4.74 Å². The van der Waals surface area contributed by atoms with Gasteiger partial charge in [0.1, 0.15) is 0 Å². The van der Waals surface area contributed by atoms with Crippen LogP contribution in [0.25, 0.3) is 0 Å². The normalized spacial score (nSPS) is 27.9. The summed E-state index contributed by atoms with van der Waals surface area (Å²) in [7, 11) is 0. The number of halogens is 1. The first-order valence-electron chi connectivity index (χ1n) is 5.49. The highest BCUT2D eigenvalue weighted by Crippen LogP contribution is 2.20. The van der Waals surface area contributed by atoms with Gasteiger partial charge in [-0.15, -0.1) is 0 Å². The highest BCUT2D eigenvalue weighted by molar-refractivity contribution is 9.09. The molecule has 0 aromatic rings. The highest BCUT2D eigenvalue weighted by atomic mass is 79.9. The van der Waals surface area contributed by atoms with E-state index in [1.165, 1.54) is 19.4 Å². The van der Waals surface area contributed by atoms with Crippen molar-refractivity contribution in [3.8, 4) is 0 Å². The molecule has 1 unspecified atom stereocenters. The number of rotatable bonds is 4. The summed E-state index contributed by atoms with van der Waals surface area (Å²) in [5.74, 6) is 0. The predicted octanol–water partition coefficient (Wildman–Crippen LogP) is 2.66. The molecular weight excluding hydrogens is 242 g/mol. The minimum Gasteiger partial charge on any atom is -0.370 e. The number of hydrogen-bond donors (Lipinski definition) is 0. The van der Waals surface area contributed by atoms with E-state index in [-0.39, 0.29) is 5.60 Å². The van der Waals surface area contributed by atoms with Crippen LogP contribution in [0.4, 0.5) is 0 Å². The molecule has 0 spiro atoms. The van der Waals surface area contributed by atoms with Crippen LogP contribution in [0.1, 0.15) is 33.6 Å². The molecule has 1 heterocycles. The molecule has 2 nitrogen and oxygen atoms in total. The molecule has 0 saturated carbocycles. The molecular formula is C11H22BrNO. The van der Waals surface area contributed by atoms with Gasteiger partial charge in [-0.1, -0.05) is 15.9 Å². The second-order valence-corrected chi connectivity index (χ2v) is 5.61. The number of morpholine rings is 1. The maximum atomic E-state index is 5.86. The molecule has 84 valence electrons. The average molecular weight is 264 g/mol. The van der Waals surface area contributed by atoms with Crippen LogP contribution < -0.4 is 0 Å². The van der Waals surface area contributed by atoms with Crippen LogP contribution in [0.2, 0.25) is 0 Å². The van der Waals surface area contributed by atoms with Gasteiger partial charge in [-0.2, -0.15) is 0 Å². The number of unbranched alkanes of at least 4 members (excludes halogenated alkanes) is 1. The second-order valence-electron chi connectivity index (χ2n) is 4.82. The molecule has 0 aromatic heterocycles. The van der Waals surface area contributed by atoms with E-state index in [1.807, 2.05) is 0 Å². The summed E-state index contributed by atoms with van der Waals surface area (Å²) in [5.41, 5.74) is 0.0338. The van der Waals surface area contributed by atoms with Crippen molar-refractivity contribution >= 4 is 15.9 Å². The van der Waals surface area contributed by atoms with Gasteiger partial charge in [-0.3, -0.25) is 4.90 Å². The molecule has 0 bridgehead atoms. The summed E-state index contributed by atoms with van der Waals surface area (Å²) in [5, 5.41) is 1.12. The Labute approximate surface area is 96.1 Å². The molecule has 0 aromatic carbocycles. The Kier molecular flexibility index (Phi) is 4.88. The molecule has 1 fully saturated rings. The Morgan fingerprint density at radius 3 is 2.71 bits per heavy atom. The fourth-order valence-electron chi connectivity index (χ4n) is 2.19.